The van der Waals surface area contributed by atoms with E-state index in [1.54, 1.807) is 6.26 Å². The summed E-state index contributed by atoms with van der Waals surface area (Å²) in [6.45, 7) is 5.32. The molecule has 7 nitrogen and oxygen atoms in total. The van der Waals surface area contributed by atoms with E-state index in [4.69, 9.17) is 26.3 Å². The lowest BCUT2D eigenvalue weighted by Crippen LogP contribution is -2.29. The molecule has 8 heteroatoms. The van der Waals surface area contributed by atoms with Gasteiger partial charge in [-0.05, 0) is 19.9 Å². The van der Waals surface area contributed by atoms with Crippen molar-refractivity contribution in [3.05, 3.63) is 70.3 Å². The van der Waals surface area contributed by atoms with Crippen LogP contribution in [-0.2, 0) is 4.74 Å². The van der Waals surface area contributed by atoms with Crippen molar-refractivity contribution >= 4 is 40.3 Å². The molecular weight excluding hydrogens is 388 g/mol. The van der Waals surface area contributed by atoms with Gasteiger partial charge in [-0.15, -0.1) is 0 Å². The van der Waals surface area contributed by atoms with E-state index in [2.05, 4.69) is 20.4 Å². The number of pyridine rings is 1. The maximum atomic E-state index is 6.52. The van der Waals surface area contributed by atoms with E-state index in [9.17, 15) is 0 Å². The molecule has 0 amide bonds. The van der Waals surface area contributed by atoms with Crippen LogP contribution in [0.15, 0.2) is 53.5 Å². The van der Waals surface area contributed by atoms with Gasteiger partial charge in [-0.2, -0.15) is 5.10 Å². The van der Waals surface area contributed by atoms with Crippen molar-refractivity contribution in [3.8, 4) is 0 Å². The first-order valence-electron chi connectivity index (χ1n) is 9.34. The first kappa shape index (κ1) is 17.8. The van der Waals surface area contributed by atoms with Crippen molar-refractivity contribution in [2.75, 3.05) is 23.4 Å². The molecule has 3 aromatic rings. The molecule has 0 unspecified atom stereocenters. The fourth-order valence-corrected chi connectivity index (χ4v) is 3.77. The molecule has 29 heavy (non-hydrogen) atoms. The zero-order valence-corrected chi connectivity index (χ0v) is 16.8. The van der Waals surface area contributed by atoms with Crippen LogP contribution in [0, 0.1) is 6.92 Å². The molecule has 0 radical (unpaired) electrons. The molecule has 0 fully saturated rings. The SMILES string of the molecule is CC1=COCCN1c1cc2c(cn1)C(c1ccccc1Cl)=Nc1c(n[nH]c1C)N2. The van der Waals surface area contributed by atoms with E-state index in [1.807, 2.05) is 50.4 Å². The lowest BCUT2D eigenvalue weighted by Gasteiger charge is -2.28. The van der Waals surface area contributed by atoms with Crippen molar-refractivity contribution in [2.45, 2.75) is 13.8 Å². The number of nitrogens with one attached hydrogen (secondary N) is 2. The van der Waals surface area contributed by atoms with Crippen LogP contribution in [0.5, 0.6) is 0 Å². The summed E-state index contributed by atoms with van der Waals surface area (Å²) >= 11 is 6.52. The molecule has 2 N–H and O–H groups in total. The number of rotatable bonds is 2. The number of aromatic nitrogens is 3. The van der Waals surface area contributed by atoms with Crippen LogP contribution in [0.3, 0.4) is 0 Å². The van der Waals surface area contributed by atoms with Crippen LogP contribution in [0.25, 0.3) is 0 Å². The second-order valence-electron chi connectivity index (χ2n) is 6.98. The minimum atomic E-state index is 0.624. The third-order valence-corrected chi connectivity index (χ3v) is 5.38. The number of ether oxygens (including phenoxy) is 1. The Morgan fingerprint density at radius 1 is 1.17 bits per heavy atom. The fourth-order valence-electron chi connectivity index (χ4n) is 3.55. The Hall–Kier alpha value is -3.32. The minimum Gasteiger partial charge on any atom is -0.498 e. The Balaban J connectivity index is 1.70. The van der Waals surface area contributed by atoms with Gasteiger partial charge in [0.1, 0.15) is 24.4 Å². The highest BCUT2D eigenvalue weighted by Crippen LogP contribution is 2.38. The maximum absolute atomic E-state index is 6.52. The van der Waals surface area contributed by atoms with Crippen LogP contribution in [0.2, 0.25) is 5.02 Å². The first-order valence-corrected chi connectivity index (χ1v) is 9.71. The molecule has 0 atom stereocenters. The van der Waals surface area contributed by atoms with Gasteiger partial charge in [0.15, 0.2) is 5.82 Å². The van der Waals surface area contributed by atoms with Gasteiger partial charge < -0.3 is 15.0 Å². The monoisotopic (exact) mass is 406 g/mol. The van der Waals surface area contributed by atoms with Crippen molar-refractivity contribution in [3.63, 3.8) is 0 Å². The number of aromatic amines is 1. The maximum Gasteiger partial charge on any atom is 0.178 e. The summed E-state index contributed by atoms with van der Waals surface area (Å²) in [5.74, 6) is 1.51. The molecule has 0 spiro atoms. The number of benzene rings is 1. The molecule has 1 aromatic carbocycles. The van der Waals surface area contributed by atoms with Gasteiger partial charge in [-0.3, -0.25) is 5.10 Å². The summed E-state index contributed by atoms with van der Waals surface area (Å²) in [6, 6.07) is 9.71. The lowest BCUT2D eigenvalue weighted by molar-refractivity contribution is 0.240. The summed E-state index contributed by atoms with van der Waals surface area (Å²) in [4.78, 5) is 11.8. The summed E-state index contributed by atoms with van der Waals surface area (Å²) < 4.78 is 5.41. The lowest BCUT2D eigenvalue weighted by atomic mass is 10.0. The normalized spacial score (nSPS) is 15.3. The number of nitrogens with zero attached hydrogens (tertiary/aromatic N) is 4. The van der Waals surface area contributed by atoms with Gasteiger partial charge in [0.2, 0.25) is 0 Å². The smallest absolute Gasteiger partial charge is 0.178 e. The topological polar surface area (TPSA) is 78.4 Å². The number of aliphatic imine (C=N–C) groups is 1. The van der Waals surface area contributed by atoms with Crippen LogP contribution in [0.4, 0.5) is 23.0 Å². The second kappa shape index (κ2) is 6.93. The molecule has 0 aliphatic carbocycles. The third-order valence-electron chi connectivity index (χ3n) is 5.05. The van der Waals surface area contributed by atoms with Gasteiger partial charge in [0, 0.05) is 28.4 Å². The third kappa shape index (κ3) is 3.03. The Morgan fingerprint density at radius 3 is 2.86 bits per heavy atom. The average Bonchev–Trinajstić information content (AvgIpc) is 2.97. The predicted molar refractivity (Wildman–Crippen MR) is 115 cm³/mol. The standard InChI is InChI=1S/C21H19ClN6O/c1-12-11-29-8-7-28(12)18-9-17-15(10-23-18)20(14-5-3-4-6-16(14)22)25-19-13(2)26-27-21(19)24-17/h3-6,9-11H,7-8H2,1-2H3,(H2,24,26,27). The molecule has 5 rings (SSSR count). The number of anilines is 3. The van der Waals surface area contributed by atoms with Crippen LogP contribution < -0.4 is 10.2 Å². The zero-order valence-electron chi connectivity index (χ0n) is 16.0. The van der Waals surface area contributed by atoms with Crippen LogP contribution >= 0.6 is 11.6 Å². The van der Waals surface area contributed by atoms with Gasteiger partial charge in [0.05, 0.1) is 29.3 Å². The van der Waals surface area contributed by atoms with E-state index in [0.717, 1.165) is 52.0 Å². The van der Waals surface area contributed by atoms with Gasteiger partial charge >= 0.3 is 0 Å². The number of allylic oxidation sites excluding steroid dienone is 1. The number of hydrogen-bond acceptors (Lipinski definition) is 6. The quantitative estimate of drug-likeness (QED) is 0.505. The van der Waals surface area contributed by atoms with Crippen LogP contribution in [0.1, 0.15) is 23.7 Å². The van der Waals surface area contributed by atoms with E-state index >= 15 is 0 Å². The van der Waals surface area contributed by atoms with E-state index in [-0.39, 0.29) is 0 Å². The number of H-pyrrole nitrogens is 1. The summed E-state index contributed by atoms with van der Waals surface area (Å²) in [6.07, 6.45) is 3.60. The second-order valence-corrected chi connectivity index (χ2v) is 7.39. The zero-order chi connectivity index (χ0) is 20.0. The van der Waals surface area contributed by atoms with Crippen molar-refractivity contribution in [1.82, 2.24) is 15.2 Å². The molecule has 2 aliphatic heterocycles. The molecule has 146 valence electrons. The number of hydrogen-bond donors (Lipinski definition) is 2. The number of aryl methyl sites for hydroxylation is 1. The Morgan fingerprint density at radius 2 is 2.03 bits per heavy atom. The van der Waals surface area contributed by atoms with Gasteiger partial charge in [-0.1, -0.05) is 29.8 Å². The largest absolute Gasteiger partial charge is 0.498 e. The molecule has 4 heterocycles. The van der Waals surface area contributed by atoms with Gasteiger partial charge in [-0.25, -0.2) is 9.98 Å². The molecule has 0 bridgehead atoms. The van der Waals surface area contributed by atoms with Crippen LogP contribution in [-0.4, -0.2) is 34.0 Å². The van der Waals surface area contributed by atoms with Crippen molar-refractivity contribution in [1.29, 1.82) is 0 Å². The minimum absolute atomic E-state index is 0.624. The summed E-state index contributed by atoms with van der Waals surface area (Å²) in [5, 5.41) is 11.4. The first-order chi connectivity index (χ1) is 14.1. The summed E-state index contributed by atoms with van der Waals surface area (Å²) in [5.41, 5.74) is 6.00. The Labute approximate surface area is 173 Å². The molecular formula is C21H19ClN6O. The number of halogens is 1. The molecule has 2 aliphatic rings. The fraction of sp³-hybridized carbons (Fsp3) is 0.190. The molecule has 0 saturated carbocycles. The molecule has 0 saturated heterocycles. The summed E-state index contributed by atoms with van der Waals surface area (Å²) in [7, 11) is 0. The average molecular weight is 407 g/mol. The highest BCUT2D eigenvalue weighted by atomic mass is 35.5. The highest BCUT2D eigenvalue weighted by Gasteiger charge is 2.24. The van der Waals surface area contributed by atoms with Gasteiger partial charge in [0.25, 0.3) is 0 Å². The van der Waals surface area contributed by atoms with E-state index in [0.29, 0.717) is 17.4 Å². The predicted octanol–water partition coefficient (Wildman–Crippen LogP) is 4.69. The Bertz CT molecular complexity index is 1170. The van der Waals surface area contributed by atoms with Crippen molar-refractivity contribution in [2.24, 2.45) is 4.99 Å². The van der Waals surface area contributed by atoms with E-state index < -0.39 is 0 Å². The molecule has 2 aromatic heterocycles. The highest BCUT2D eigenvalue weighted by molar-refractivity contribution is 6.36. The van der Waals surface area contributed by atoms with E-state index in [1.165, 1.54) is 0 Å². The Kier molecular flexibility index (Phi) is 4.24. The number of fused-ring (bicyclic) bond motifs is 2. The van der Waals surface area contributed by atoms with Crippen molar-refractivity contribution < 1.29 is 4.74 Å².